The smallest absolute Gasteiger partial charge is 0.268 e. The van der Waals surface area contributed by atoms with E-state index in [0.717, 1.165) is 38.4 Å². The zero-order valence-corrected chi connectivity index (χ0v) is 18.0. The van der Waals surface area contributed by atoms with Crippen molar-refractivity contribution in [2.45, 2.75) is 13.0 Å². The van der Waals surface area contributed by atoms with Crippen LogP contribution in [-0.2, 0) is 7.05 Å². The van der Waals surface area contributed by atoms with Gasteiger partial charge >= 0.3 is 0 Å². The van der Waals surface area contributed by atoms with Crippen LogP contribution in [-0.4, -0.2) is 25.4 Å². The third-order valence-corrected chi connectivity index (χ3v) is 6.11. The maximum atomic E-state index is 13.3. The van der Waals surface area contributed by atoms with Crippen LogP contribution < -0.4 is 5.32 Å². The molecule has 5 rings (SSSR count). The number of carbonyl (C=O) groups excluding carboxylic acids is 1. The molecule has 0 aliphatic heterocycles. The van der Waals surface area contributed by atoms with E-state index in [4.69, 9.17) is 0 Å². The van der Waals surface area contributed by atoms with Crippen LogP contribution in [0, 0.1) is 6.92 Å². The van der Waals surface area contributed by atoms with E-state index < -0.39 is 0 Å². The third-order valence-electron chi connectivity index (χ3n) is 5.34. The normalized spacial score (nSPS) is 12.2. The van der Waals surface area contributed by atoms with E-state index in [0.29, 0.717) is 5.69 Å². The van der Waals surface area contributed by atoms with Crippen LogP contribution >= 0.6 is 11.3 Å². The summed E-state index contributed by atoms with van der Waals surface area (Å²) in [6, 6.07) is 17.6. The van der Waals surface area contributed by atoms with Gasteiger partial charge < -0.3 is 14.9 Å². The first-order valence-corrected chi connectivity index (χ1v) is 10.8. The van der Waals surface area contributed by atoms with Gasteiger partial charge in [0, 0.05) is 24.2 Å². The second-order valence-corrected chi connectivity index (χ2v) is 8.54. The Hall–Kier alpha value is -3.71. The lowest BCUT2D eigenvalue weighted by Gasteiger charge is -2.20. The standard InChI is InChI=1S/C24H21N5OS/c1-15-27-21(13-31-15)18-11-22(29(2)12-18)24(30)28-23(16-6-4-3-5-7-16)17-8-9-19-20(10-17)26-14-25-19/h3-14,23H,1-2H3,(H,25,26)(H,28,30). The van der Waals surface area contributed by atoms with Crippen molar-refractivity contribution in [3.8, 4) is 11.3 Å². The van der Waals surface area contributed by atoms with Crippen molar-refractivity contribution in [2.75, 3.05) is 0 Å². The average Bonchev–Trinajstić information content (AvgIpc) is 3.51. The highest BCUT2D eigenvalue weighted by atomic mass is 32.1. The maximum absolute atomic E-state index is 13.3. The lowest BCUT2D eigenvalue weighted by atomic mass is 9.98. The number of imidazole rings is 1. The topological polar surface area (TPSA) is 75.6 Å². The Morgan fingerprint density at radius 1 is 1.13 bits per heavy atom. The fraction of sp³-hybridized carbons (Fsp3) is 0.125. The van der Waals surface area contributed by atoms with E-state index >= 15 is 0 Å². The molecule has 3 aromatic heterocycles. The predicted molar refractivity (Wildman–Crippen MR) is 123 cm³/mol. The number of benzene rings is 2. The SMILES string of the molecule is Cc1nc(-c2cc(C(=O)NC(c3ccccc3)c3ccc4nc[nH]c4c3)n(C)c2)cs1. The highest BCUT2D eigenvalue weighted by Gasteiger charge is 2.21. The van der Waals surface area contributed by atoms with Crippen molar-refractivity contribution in [3.05, 3.63) is 94.3 Å². The van der Waals surface area contributed by atoms with Gasteiger partial charge in [-0.3, -0.25) is 4.79 Å². The monoisotopic (exact) mass is 427 g/mol. The number of H-pyrrole nitrogens is 1. The predicted octanol–water partition coefficient (Wildman–Crippen LogP) is 4.85. The van der Waals surface area contributed by atoms with Gasteiger partial charge in [-0.1, -0.05) is 36.4 Å². The van der Waals surface area contributed by atoms with Crippen LogP contribution in [0.5, 0.6) is 0 Å². The number of aromatic nitrogens is 4. The number of hydrogen-bond acceptors (Lipinski definition) is 4. The Bertz CT molecular complexity index is 1370. The third kappa shape index (κ3) is 3.75. The zero-order chi connectivity index (χ0) is 21.4. The molecule has 0 saturated heterocycles. The second kappa shape index (κ2) is 7.85. The molecule has 0 radical (unpaired) electrons. The van der Waals surface area contributed by atoms with E-state index in [1.807, 2.05) is 84.7 Å². The summed E-state index contributed by atoms with van der Waals surface area (Å²) in [6.45, 7) is 1.98. The minimum Gasteiger partial charge on any atom is -0.346 e. The number of carbonyl (C=O) groups is 1. The highest BCUT2D eigenvalue weighted by Crippen LogP contribution is 2.27. The first-order valence-electron chi connectivity index (χ1n) is 9.96. The fourth-order valence-electron chi connectivity index (χ4n) is 3.77. The molecular weight excluding hydrogens is 406 g/mol. The van der Waals surface area contributed by atoms with Crippen molar-refractivity contribution in [1.82, 2.24) is 24.8 Å². The first kappa shape index (κ1) is 19.3. The molecule has 0 aliphatic rings. The Balaban J connectivity index is 1.49. The van der Waals surface area contributed by atoms with Crippen LogP contribution in [0.3, 0.4) is 0 Å². The van der Waals surface area contributed by atoms with Crippen molar-refractivity contribution >= 4 is 28.3 Å². The van der Waals surface area contributed by atoms with E-state index in [9.17, 15) is 4.79 Å². The highest BCUT2D eigenvalue weighted by molar-refractivity contribution is 7.09. The summed E-state index contributed by atoms with van der Waals surface area (Å²) in [4.78, 5) is 25.3. The molecule has 0 saturated carbocycles. The van der Waals surface area contributed by atoms with Crippen molar-refractivity contribution < 1.29 is 4.79 Å². The summed E-state index contributed by atoms with van der Waals surface area (Å²) in [6.07, 6.45) is 3.62. The van der Waals surface area contributed by atoms with Gasteiger partial charge in [0.05, 0.1) is 34.1 Å². The largest absolute Gasteiger partial charge is 0.346 e. The number of fused-ring (bicyclic) bond motifs is 1. The Labute approximate surface area is 183 Å². The molecule has 0 spiro atoms. The number of nitrogens with zero attached hydrogens (tertiary/aromatic N) is 3. The van der Waals surface area contributed by atoms with Gasteiger partial charge in [-0.25, -0.2) is 9.97 Å². The van der Waals surface area contributed by atoms with Crippen LogP contribution in [0.2, 0.25) is 0 Å². The molecule has 2 N–H and O–H groups in total. The van der Waals surface area contributed by atoms with Gasteiger partial charge in [0.25, 0.3) is 5.91 Å². The van der Waals surface area contributed by atoms with Crippen LogP contribution in [0.15, 0.2) is 72.5 Å². The first-order chi connectivity index (χ1) is 15.1. The molecule has 0 aliphatic carbocycles. The number of aromatic amines is 1. The molecule has 0 fully saturated rings. The van der Waals surface area contributed by atoms with Crippen molar-refractivity contribution in [3.63, 3.8) is 0 Å². The minimum atomic E-state index is -0.290. The number of hydrogen-bond donors (Lipinski definition) is 2. The van der Waals surface area contributed by atoms with Crippen LogP contribution in [0.25, 0.3) is 22.3 Å². The lowest BCUT2D eigenvalue weighted by Crippen LogP contribution is -2.30. The van der Waals surface area contributed by atoms with Crippen molar-refractivity contribution in [2.24, 2.45) is 7.05 Å². The molecule has 1 amide bonds. The molecule has 0 bridgehead atoms. The van der Waals surface area contributed by atoms with Gasteiger partial charge in [0.15, 0.2) is 0 Å². The molecule has 6 nitrogen and oxygen atoms in total. The van der Waals surface area contributed by atoms with E-state index in [-0.39, 0.29) is 11.9 Å². The summed E-state index contributed by atoms with van der Waals surface area (Å²) in [5, 5.41) is 6.24. The number of amides is 1. The number of nitrogens with one attached hydrogen (secondary N) is 2. The second-order valence-electron chi connectivity index (χ2n) is 7.47. The number of rotatable bonds is 5. The lowest BCUT2D eigenvalue weighted by molar-refractivity contribution is 0.0935. The van der Waals surface area contributed by atoms with Gasteiger partial charge in [-0.05, 0) is 36.2 Å². The van der Waals surface area contributed by atoms with Crippen molar-refractivity contribution in [1.29, 1.82) is 0 Å². The number of aryl methyl sites for hydroxylation is 2. The van der Waals surface area contributed by atoms with Gasteiger partial charge in [-0.15, -0.1) is 11.3 Å². The molecule has 154 valence electrons. The molecule has 31 heavy (non-hydrogen) atoms. The average molecular weight is 428 g/mol. The van der Waals surface area contributed by atoms with Crippen LogP contribution in [0.1, 0.15) is 32.7 Å². The summed E-state index contributed by atoms with van der Waals surface area (Å²) < 4.78 is 1.85. The molecule has 5 aromatic rings. The molecule has 2 aromatic carbocycles. The van der Waals surface area contributed by atoms with E-state index in [1.54, 1.807) is 17.7 Å². The Kier molecular flexibility index (Phi) is 4.88. The fourth-order valence-corrected chi connectivity index (χ4v) is 4.39. The van der Waals surface area contributed by atoms with E-state index in [1.165, 1.54) is 0 Å². The van der Waals surface area contributed by atoms with Gasteiger partial charge in [0.2, 0.25) is 0 Å². The summed E-state index contributed by atoms with van der Waals surface area (Å²) in [5.74, 6) is -0.140. The Morgan fingerprint density at radius 2 is 1.97 bits per heavy atom. The van der Waals surface area contributed by atoms with Crippen LogP contribution in [0.4, 0.5) is 0 Å². The van der Waals surface area contributed by atoms with Gasteiger partial charge in [-0.2, -0.15) is 0 Å². The summed E-state index contributed by atoms with van der Waals surface area (Å²) >= 11 is 1.60. The molecule has 7 heteroatoms. The van der Waals surface area contributed by atoms with Gasteiger partial charge in [0.1, 0.15) is 5.69 Å². The van der Waals surface area contributed by atoms with E-state index in [2.05, 4.69) is 20.3 Å². The molecule has 1 atom stereocenters. The molecule has 3 heterocycles. The zero-order valence-electron chi connectivity index (χ0n) is 17.2. The number of thiazole rings is 1. The quantitative estimate of drug-likeness (QED) is 0.421. The summed E-state index contributed by atoms with van der Waals surface area (Å²) in [5.41, 5.74) is 6.25. The summed E-state index contributed by atoms with van der Waals surface area (Å²) in [7, 11) is 1.88. The minimum absolute atomic E-state index is 0.140. The molecular formula is C24H21N5OS. The molecule has 1 unspecified atom stereocenters. The Morgan fingerprint density at radius 3 is 2.74 bits per heavy atom. The maximum Gasteiger partial charge on any atom is 0.268 e.